The molecule has 1 aliphatic carbocycles. The second-order valence-corrected chi connectivity index (χ2v) is 4.95. The van der Waals surface area contributed by atoms with Gasteiger partial charge in [-0.3, -0.25) is 0 Å². The summed E-state index contributed by atoms with van der Waals surface area (Å²) in [4.78, 5) is 0. The van der Waals surface area contributed by atoms with Gasteiger partial charge < -0.3 is 10.4 Å². The van der Waals surface area contributed by atoms with Crippen molar-refractivity contribution in [2.24, 2.45) is 5.92 Å². The van der Waals surface area contributed by atoms with E-state index in [0.717, 1.165) is 12.5 Å². The number of aryl methyl sites for hydroxylation is 2. The van der Waals surface area contributed by atoms with Crippen molar-refractivity contribution in [2.75, 3.05) is 13.2 Å². The minimum Gasteiger partial charge on any atom is -0.394 e. The fourth-order valence-electron chi connectivity index (χ4n) is 2.12. The highest BCUT2D eigenvalue weighted by atomic mass is 16.3. The highest BCUT2D eigenvalue weighted by Gasteiger charge is 2.22. The minimum absolute atomic E-state index is 0.0983. The number of benzene rings is 1. The molecule has 1 unspecified atom stereocenters. The van der Waals surface area contributed by atoms with Crippen LogP contribution in [0.2, 0.25) is 0 Å². The molecule has 2 N–H and O–H groups in total. The number of rotatable bonds is 5. The van der Waals surface area contributed by atoms with Gasteiger partial charge in [-0.05, 0) is 50.3 Å². The van der Waals surface area contributed by atoms with Gasteiger partial charge in [-0.1, -0.05) is 23.8 Å². The van der Waals surface area contributed by atoms with Crippen LogP contribution in [0.1, 0.15) is 35.6 Å². The van der Waals surface area contributed by atoms with Gasteiger partial charge in [-0.25, -0.2) is 0 Å². The largest absolute Gasteiger partial charge is 0.394 e. The van der Waals surface area contributed by atoms with Crippen molar-refractivity contribution in [2.45, 2.75) is 32.7 Å². The van der Waals surface area contributed by atoms with Crippen molar-refractivity contribution in [3.63, 3.8) is 0 Å². The Balaban J connectivity index is 2.05. The number of aliphatic hydroxyl groups excluding tert-OH is 1. The SMILES string of the molecule is Cc1ccc(C(CO)NCC2CC2)c(C)c1. The summed E-state index contributed by atoms with van der Waals surface area (Å²) < 4.78 is 0. The lowest BCUT2D eigenvalue weighted by atomic mass is 9.99. The van der Waals surface area contributed by atoms with Gasteiger partial charge in [0.1, 0.15) is 0 Å². The number of hydrogen-bond acceptors (Lipinski definition) is 2. The minimum atomic E-state index is 0.0983. The summed E-state index contributed by atoms with van der Waals surface area (Å²) in [7, 11) is 0. The Bertz CT molecular complexity index is 358. The van der Waals surface area contributed by atoms with Crippen LogP contribution >= 0.6 is 0 Å². The monoisotopic (exact) mass is 219 g/mol. The van der Waals surface area contributed by atoms with Gasteiger partial charge >= 0.3 is 0 Å². The molecular weight excluding hydrogens is 198 g/mol. The van der Waals surface area contributed by atoms with Crippen LogP contribution in [0.5, 0.6) is 0 Å². The first-order valence-electron chi connectivity index (χ1n) is 6.12. The lowest BCUT2D eigenvalue weighted by molar-refractivity contribution is 0.243. The molecule has 1 atom stereocenters. The molecule has 0 saturated heterocycles. The molecule has 0 radical (unpaired) electrons. The predicted molar refractivity (Wildman–Crippen MR) is 66.5 cm³/mol. The Morgan fingerprint density at radius 1 is 1.38 bits per heavy atom. The van der Waals surface area contributed by atoms with Gasteiger partial charge in [0.2, 0.25) is 0 Å². The maximum atomic E-state index is 9.44. The van der Waals surface area contributed by atoms with Gasteiger partial charge in [0.15, 0.2) is 0 Å². The average Bonchev–Trinajstić information content (AvgIpc) is 3.05. The topological polar surface area (TPSA) is 32.3 Å². The summed E-state index contributed by atoms with van der Waals surface area (Å²) in [6.07, 6.45) is 2.69. The van der Waals surface area contributed by atoms with Gasteiger partial charge in [0, 0.05) is 0 Å². The summed E-state index contributed by atoms with van der Waals surface area (Å²) >= 11 is 0. The van der Waals surface area contributed by atoms with Crippen LogP contribution < -0.4 is 5.32 Å². The normalized spacial score (nSPS) is 17.4. The van der Waals surface area contributed by atoms with Crippen LogP contribution in [-0.4, -0.2) is 18.3 Å². The lowest BCUT2D eigenvalue weighted by Gasteiger charge is -2.19. The first-order valence-corrected chi connectivity index (χ1v) is 6.12. The molecule has 2 nitrogen and oxygen atoms in total. The van der Waals surface area contributed by atoms with Crippen molar-refractivity contribution < 1.29 is 5.11 Å². The molecule has 0 aliphatic heterocycles. The molecule has 2 rings (SSSR count). The van der Waals surface area contributed by atoms with E-state index in [2.05, 4.69) is 37.4 Å². The molecular formula is C14H21NO. The van der Waals surface area contributed by atoms with Gasteiger partial charge in [0.05, 0.1) is 12.6 Å². The van der Waals surface area contributed by atoms with Crippen LogP contribution in [0.3, 0.4) is 0 Å². The Kier molecular flexibility index (Phi) is 3.62. The summed E-state index contributed by atoms with van der Waals surface area (Å²) in [6, 6.07) is 6.52. The summed E-state index contributed by atoms with van der Waals surface area (Å²) in [6.45, 7) is 5.43. The van der Waals surface area contributed by atoms with Gasteiger partial charge in [-0.15, -0.1) is 0 Å². The molecule has 0 heterocycles. The van der Waals surface area contributed by atoms with Crippen LogP contribution in [0.15, 0.2) is 18.2 Å². The predicted octanol–water partition coefficient (Wildman–Crippen LogP) is 2.34. The van der Waals surface area contributed by atoms with Crippen molar-refractivity contribution >= 4 is 0 Å². The Labute approximate surface area is 97.7 Å². The van der Waals surface area contributed by atoms with E-state index in [0.29, 0.717) is 0 Å². The smallest absolute Gasteiger partial charge is 0.0626 e. The van der Waals surface area contributed by atoms with E-state index < -0.39 is 0 Å². The third-order valence-electron chi connectivity index (χ3n) is 3.33. The third-order valence-corrected chi connectivity index (χ3v) is 3.33. The van der Waals surface area contributed by atoms with Gasteiger partial charge in [0.25, 0.3) is 0 Å². The zero-order chi connectivity index (χ0) is 11.5. The average molecular weight is 219 g/mol. The first-order chi connectivity index (χ1) is 7.70. The molecule has 88 valence electrons. The van der Waals surface area contributed by atoms with Crippen molar-refractivity contribution in [3.8, 4) is 0 Å². The van der Waals surface area contributed by atoms with Crippen LogP contribution in [0.4, 0.5) is 0 Å². The zero-order valence-electron chi connectivity index (χ0n) is 10.2. The van der Waals surface area contributed by atoms with Crippen LogP contribution in [0.25, 0.3) is 0 Å². The first kappa shape index (κ1) is 11.6. The fourth-order valence-corrected chi connectivity index (χ4v) is 2.12. The van der Waals surface area contributed by atoms with E-state index in [4.69, 9.17) is 0 Å². The molecule has 2 heteroatoms. The second-order valence-electron chi connectivity index (χ2n) is 4.95. The maximum absolute atomic E-state index is 9.44. The summed E-state index contributed by atoms with van der Waals surface area (Å²) in [5, 5.41) is 12.9. The molecule has 0 aromatic heterocycles. The quantitative estimate of drug-likeness (QED) is 0.796. The van der Waals surface area contributed by atoms with E-state index >= 15 is 0 Å². The van der Waals surface area contributed by atoms with E-state index in [1.165, 1.54) is 29.5 Å². The van der Waals surface area contributed by atoms with Crippen molar-refractivity contribution in [1.29, 1.82) is 0 Å². The summed E-state index contributed by atoms with van der Waals surface area (Å²) in [5.74, 6) is 0.847. The molecule has 1 aliphatic rings. The molecule has 1 fully saturated rings. The number of nitrogens with one attached hydrogen (secondary N) is 1. The maximum Gasteiger partial charge on any atom is 0.0626 e. The zero-order valence-corrected chi connectivity index (χ0v) is 10.2. The molecule has 1 saturated carbocycles. The van der Waals surface area contributed by atoms with E-state index in [1.807, 2.05) is 0 Å². The van der Waals surface area contributed by atoms with Crippen LogP contribution in [-0.2, 0) is 0 Å². The molecule has 0 amide bonds. The van der Waals surface area contributed by atoms with E-state index in [1.54, 1.807) is 0 Å². The van der Waals surface area contributed by atoms with E-state index in [9.17, 15) is 5.11 Å². The standard InChI is InChI=1S/C14H21NO/c1-10-3-6-13(11(2)7-10)14(9-16)15-8-12-4-5-12/h3,6-7,12,14-16H,4-5,8-9H2,1-2H3. The van der Waals surface area contributed by atoms with Crippen molar-refractivity contribution in [3.05, 3.63) is 34.9 Å². The molecule has 16 heavy (non-hydrogen) atoms. The fraction of sp³-hybridized carbons (Fsp3) is 0.571. The Morgan fingerprint density at radius 2 is 2.12 bits per heavy atom. The van der Waals surface area contributed by atoms with E-state index in [-0.39, 0.29) is 12.6 Å². The highest BCUT2D eigenvalue weighted by Crippen LogP contribution is 2.29. The van der Waals surface area contributed by atoms with Gasteiger partial charge in [-0.2, -0.15) is 0 Å². The van der Waals surface area contributed by atoms with Crippen LogP contribution in [0, 0.1) is 19.8 Å². The molecule has 1 aromatic rings. The Hall–Kier alpha value is -0.860. The summed E-state index contributed by atoms with van der Waals surface area (Å²) in [5.41, 5.74) is 3.77. The Morgan fingerprint density at radius 3 is 2.69 bits per heavy atom. The molecule has 0 spiro atoms. The molecule has 0 bridgehead atoms. The number of aliphatic hydroxyl groups is 1. The lowest BCUT2D eigenvalue weighted by Crippen LogP contribution is -2.27. The second kappa shape index (κ2) is 4.98. The third kappa shape index (κ3) is 2.83. The number of hydrogen-bond donors (Lipinski definition) is 2. The highest BCUT2D eigenvalue weighted by molar-refractivity contribution is 5.32. The van der Waals surface area contributed by atoms with Crippen molar-refractivity contribution in [1.82, 2.24) is 5.32 Å². The molecule has 1 aromatic carbocycles.